The maximum Gasteiger partial charge on any atom is 0.428 e. The second-order valence-corrected chi connectivity index (χ2v) is 9.19. The summed E-state index contributed by atoms with van der Waals surface area (Å²) in [7, 11) is 0. The van der Waals surface area contributed by atoms with Crippen LogP contribution in [-0.4, -0.2) is 0 Å². The van der Waals surface area contributed by atoms with Gasteiger partial charge in [0.25, 0.3) is 0 Å². The first-order valence-electron chi connectivity index (χ1n) is 7.30. The minimum atomic E-state index is -3.53. The summed E-state index contributed by atoms with van der Waals surface area (Å²) in [5.41, 5.74) is 1.02. The second-order valence-electron chi connectivity index (χ2n) is 4.98. The minimum absolute atomic E-state index is 0.534. The van der Waals surface area contributed by atoms with Crippen molar-refractivity contribution in [3.8, 4) is 5.75 Å². The Hall–Kier alpha value is -0.170. The molecule has 0 saturated carbocycles. The van der Waals surface area contributed by atoms with Crippen molar-refractivity contribution >= 4 is 28.6 Å². The van der Waals surface area contributed by atoms with E-state index in [1.807, 2.05) is 18.2 Å². The van der Waals surface area contributed by atoms with Crippen LogP contribution in [0.1, 0.15) is 57.4 Å². The summed E-state index contributed by atoms with van der Waals surface area (Å²) < 4.78 is 16.5. The average Bonchev–Trinajstić information content (AvgIpc) is 2.38. The maximum atomic E-state index is 11.3. The highest BCUT2D eigenvalue weighted by molar-refractivity contribution is 8.05. The summed E-state index contributed by atoms with van der Waals surface area (Å²) in [6, 6.07) is 7.49. The van der Waals surface area contributed by atoms with Crippen molar-refractivity contribution in [3.63, 3.8) is 0 Å². The number of hydrogen-bond donors (Lipinski definition) is 0. The summed E-state index contributed by atoms with van der Waals surface area (Å²) in [6.07, 6.45) is 6.20. The summed E-state index contributed by atoms with van der Waals surface area (Å²) in [6.45, 7) is 2.23. The first kappa shape index (κ1) is 17.9. The van der Waals surface area contributed by atoms with Gasteiger partial charge < -0.3 is 4.52 Å². The van der Waals surface area contributed by atoms with E-state index in [2.05, 4.69) is 6.92 Å². The standard InChI is InChI=1S/C15H23Cl2O2P/c1-2-3-4-5-6-7-8-11-14-12-9-10-13-15(14)19-20(16,17)18/h9-10,12-13H,2-8,11H2,1H3. The number of halogens is 2. The SMILES string of the molecule is CCCCCCCCCc1ccccc1OP(=O)(Cl)Cl. The monoisotopic (exact) mass is 336 g/mol. The van der Waals surface area contributed by atoms with Crippen LogP contribution in [0.3, 0.4) is 0 Å². The van der Waals surface area contributed by atoms with E-state index in [0.717, 1.165) is 18.4 Å². The molecule has 0 saturated heterocycles. The molecule has 0 aliphatic carbocycles. The number of rotatable bonds is 10. The highest BCUT2D eigenvalue weighted by Gasteiger charge is 2.17. The Morgan fingerprint density at radius 2 is 1.60 bits per heavy atom. The number of hydrogen-bond acceptors (Lipinski definition) is 2. The molecular formula is C15H23Cl2O2P. The Kier molecular flexibility index (Phi) is 8.68. The highest BCUT2D eigenvalue weighted by atomic mass is 35.9. The molecule has 0 heterocycles. The molecule has 0 spiro atoms. The lowest BCUT2D eigenvalue weighted by Gasteiger charge is -2.11. The van der Waals surface area contributed by atoms with E-state index in [9.17, 15) is 4.57 Å². The van der Waals surface area contributed by atoms with Crippen LogP contribution < -0.4 is 4.52 Å². The first-order chi connectivity index (χ1) is 9.53. The molecule has 2 nitrogen and oxygen atoms in total. The van der Waals surface area contributed by atoms with Crippen LogP contribution in [0.5, 0.6) is 5.75 Å². The van der Waals surface area contributed by atoms with Crippen molar-refractivity contribution in [1.29, 1.82) is 0 Å². The highest BCUT2D eigenvalue weighted by Crippen LogP contribution is 2.57. The molecule has 0 aromatic heterocycles. The Labute approximate surface area is 131 Å². The van der Waals surface area contributed by atoms with E-state index in [1.165, 1.54) is 38.5 Å². The third-order valence-corrected chi connectivity index (χ3v) is 4.05. The topological polar surface area (TPSA) is 26.3 Å². The quantitative estimate of drug-likeness (QED) is 0.341. The van der Waals surface area contributed by atoms with Crippen molar-refractivity contribution in [2.75, 3.05) is 0 Å². The van der Waals surface area contributed by atoms with Gasteiger partial charge in [0.1, 0.15) is 5.75 Å². The van der Waals surface area contributed by atoms with Gasteiger partial charge in [-0.25, -0.2) is 4.57 Å². The zero-order chi connectivity index (χ0) is 14.8. The molecule has 0 amide bonds. The maximum absolute atomic E-state index is 11.3. The zero-order valence-corrected chi connectivity index (χ0v) is 14.4. The first-order valence-corrected chi connectivity index (χ1v) is 10.7. The molecule has 114 valence electrons. The van der Waals surface area contributed by atoms with Crippen LogP contribution in [0.15, 0.2) is 24.3 Å². The number of unbranched alkanes of at least 4 members (excludes halogenated alkanes) is 6. The molecule has 5 heteroatoms. The van der Waals surface area contributed by atoms with Crippen LogP contribution >= 0.6 is 28.6 Å². The molecule has 1 rings (SSSR count). The van der Waals surface area contributed by atoms with E-state index < -0.39 is 6.07 Å². The van der Waals surface area contributed by atoms with Crippen LogP contribution in [0.4, 0.5) is 0 Å². The van der Waals surface area contributed by atoms with E-state index in [4.69, 9.17) is 27.0 Å². The van der Waals surface area contributed by atoms with Crippen molar-refractivity contribution in [3.05, 3.63) is 29.8 Å². The Bertz CT molecular complexity index is 432. The van der Waals surface area contributed by atoms with Crippen LogP contribution in [0.2, 0.25) is 0 Å². The van der Waals surface area contributed by atoms with Crippen molar-refractivity contribution < 1.29 is 9.09 Å². The number of aryl methyl sites for hydroxylation is 1. The van der Waals surface area contributed by atoms with Gasteiger partial charge in [-0.1, -0.05) is 63.6 Å². The average molecular weight is 337 g/mol. The third-order valence-electron chi connectivity index (χ3n) is 3.23. The normalized spacial score (nSPS) is 11.6. The van der Waals surface area contributed by atoms with Gasteiger partial charge in [0.15, 0.2) is 0 Å². The molecule has 0 bridgehead atoms. The van der Waals surface area contributed by atoms with Gasteiger partial charge in [0, 0.05) is 22.5 Å². The van der Waals surface area contributed by atoms with Crippen molar-refractivity contribution in [1.82, 2.24) is 0 Å². The van der Waals surface area contributed by atoms with Crippen LogP contribution in [0, 0.1) is 0 Å². The van der Waals surface area contributed by atoms with Gasteiger partial charge in [0.05, 0.1) is 0 Å². The summed E-state index contributed by atoms with van der Waals surface area (Å²) >= 11 is 10.9. The predicted molar refractivity (Wildman–Crippen MR) is 88.1 cm³/mol. The Morgan fingerprint density at radius 3 is 2.25 bits per heavy atom. The lowest BCUT2D eigenvalue weighted by molar-refractivity contribution is 0.508. The molecular weight excluding hydrogens is 314 g/mol. The number of para-hydroxylation sites is 1. The van der Waals surface area contributed by atoms with Crippen molar-refractivity contribution in [2.45, 2.75) is 58.3 Å². The van der Waals surface area contributed by atoms with Crippen LogP contribution in [0.25, 0.3) is 0 Å². The third kappa shape index (κ3) is 8.19. The van der Waals surface area contributed by atoms with Gasteiger partial charge in [-0.3, -0.25) is 0 Å². The minimum Gasteiger partial charge on any atom is -0.422 e. The fourth-order valence-corrected chi connectivity index (χ4v) is 3.04. The lowest BCUT2D eigenvalue weighted by atomic mass is 10.0. The molecule has 0 fully saturated rings. The van der Waals surface area contributed by atoms with E-state index in [-0.39, 0.29) is 0 Å². The molecule has 20 heavy (non-hydrogen) atoms. The Morgan fingerprint density at radius 1 is 1.00 bits per heavy atom. The van der Waals surface area contributed by atoms with Gasteiger partial charge in [-0.15, -0.1) is 0 Å². The molecule has 0 aliphatic rings. The largest absolute Gasteiger partial charge is 0.428 e. The fourth-order valence-electron chi connectivity index (χ4n) is 2.19. The Balaban J connectivity index is 2.34. The molecule has 1 aromatic rings. The van der Waals surface area contributed by atoms with Gasteiger partial charge >= 0.3 is 6.07 Å². The molecule has 0 N–H and O–H groups in total. The summed E-state index contributed by atoms with van der Waals surface area (Å²) in [5.74, 6) is 0.534. The van der Waals surface area contributed by atoms with Gasteiger partial charge in [0.2, 0.25) is 0 Å². The molecule has 0 unspecified atom stereocenters. The van der Waals surface area contributed by atoms with Gasteiger partial charge in [-0.2, -0.15) is 0 Å². The molecule has 1 aromatic carbocycles. The zero-order valence-electron chi connectivity index (χ0n) is 12.0. The number of benzene rings is 1. The molecule has 0 aliphatic heterocycles. The predicted octanol–water partition coefficient (Wildman–Crippen LogP) is 6.94. The summed E-state index contributed by atoms with van der Waals surface area (Å²) in [4.78, 5) is 0. The van der Waals surface area contributed by atoms with E-state index in [0.29, 0.717) is 5.75 Å². The lowest BCUT2D eigenvalue weighted by Crippen LogP contribution is -1.92. The van der Waals surface area contributed by atoms with Crippen molar-refractivity contribution in [2.24, 2.45) is 0 Å². The molecule has 0 radical (unpaired) electrons. The smallest absolute Gasteiger partial charge is 0.422 e. The molecule has 0 atom stereocenters. The van der Waals surface area contributed by atoms with E-state index >= 15 is 0 Å². The fraction of sp³-hybridized carbons (Fsp3) is 0.600. The van der Waals surface area contributed by atoms with Gasteiger partial charge in [-0.05, 0) is 24.5 Å². The summed E-state index contributed by atoms with van der Waals surface area (Å²) in [5, 5.41) is 0. The second kappa shape index (κ2) is 9.71. The van der Waals surface area contributed by atoms with Crippen LogP contribution in [-0.2, 0) is 11.0 Å². The van der Waals surface area contributed by atoms with E-state index in [1.54, 1.807) is 6.07 Å².